The molecule has 5 heterocycles. The van der Waals surface area contributed by atoms with E-state index in [0.29, 0.717) is 10.4 Å². The Bertz CT molecular complexity index is 1430. The van der Waals surface area contributed by atoms with Gasteiger partial charge in [-0.3, -0.25) is 19.4 Å². The molecule has 2 aromatic heterocycles. The zero-order valence-electron chi connectivity index (χ0n) is 22.6. The van der Waals surface area contributed by atoms with Gasteiger partial charge in [-0.15, -0.1) is 0 Å². The van der Waals surface area contributed by atoms with E-state index in [1.54, 1.807) is 10.8 Å². The lowest BCUT2D eigenvalue weighted by Crippen LogP contribution is -2.58. The Labute approximate surface area is 228 Å². The number of fused-ring (bicyclic) bond motifs is 1. The molecule has 3 aliphatic rings. The Kier molecular flexibility index (Phi) is 6.13. The first kappa shape index (κ1) is 25.5. The Morgan fingerprint density at radius 2 is 1.84 bits per heavy atom. The molecule has 1 spiro atoms. The first-order chi connectivity index (χ1) is 18.1. The van der Waals surface area contributed by atoms with Crippen LogP contribution in [0, 0.1) is 23.7 Å². The number of piperidine rings is 1. The van der Waals surface area contributed by atoms with E-state index in [4.69, 9.17) is 16.6 Å². The number of hydrogen-bond acceptors (Lipinski definition) is 6. The Morgan fingerprint density at radius 3 is 2.47 bits per heavy atom. The fourth-order valence-corrected chi connectivity index (χ4v) is 6.49. The van der Waals surface area contributed by atoms with E-state index in [9.17, 15) is 9.59 Å². The number of aromatic nitrogens is 3. The number of likely N-dealkylation sites (tertiary alicyclic amines) is 2. The van der Waals surface area contributed by atoms with Gasteiger partial charge in [0.2, 0.25) is 11.8 Å². The molecule has 9 heteroatoms. The highest BCUT2D eigenvalue weighted by atomic mass is 35.5. The van der Waals surface area contributed by atoms with Crippen LogP contribution in [0.15, 0.2) is 30.7 Å². The van der Waals surface area contributed by atoms with Crippen molar-refractivity contribution in [2.75, 3.05) is 26.2 Å². The number of aryl methyl sites for hydroxylation is 1. The molecule has 8 nitrogen and oxygen atoms in total. The second-order valence-corrected chi connectivity index (χ2v) is 12.5. The third-order valence-corrected chi connectivity index (χ3v) is 9.53. The number of benzene rings is 1. The van der Waals surface area contributed by atoms with Gasteiger partial charge < -0.3 is 5.32 Å². The number of imide groups is 1. The predicted octanol–water partition coefficient (Wildman–Crippen LogP) is 4.07. The van der Waals surface area contributed by atoms with Crippen LogP contribution in [0.3, 0.4) is 0 Å². The average molecular weight is 535 g/mol. The monoisotopic (exact) mass is 534 g/mol. The average Bonchev–Trinajstić information content (AvgIpc) is 3.34. The van der Waals surface area contributed by atoms with Crippen molar-refractivity contribution in [3.8, 4) is 11.3 Å². The van der Waals surface area contributed by atoms with Crippen LogP contribution >= 0.6 is 11.6 Å². The minimum atomic E-state index is -0.697. The van der Waals surface area contributed by atoms with E-state index in [0.717, 1.165) is 60.6 Å². The van der Waals surface area contributed by atoms with Gasteiger partial charge in [-0.05, 0) is 73.2 Å². The number of hydrogen-bond donors (Lipinski definition) is 1. The second-order valence-electron chi connectivity index (χ2n) is 12.1. The number of amides is 2. The first-order valence-electron chi connectivity index (χ1n) is 13.5. The molecule has 0 aliphatic carbocycles. The maximum absolute atomic E-state index is 13.0. The van der Waals surface area contributed by atoms with Crippen LogP contribution in [-0.4, -0.2) is 62.4 Å². The minimum Gasteiger partial charge on any atom is -0.316 e. The maximum Gasteiger partial charge on any atom is 0.235 e. The second kappa shape index (κ2) is 9.14. The molecule has 1 N–H and O–H groups in total. The van der Waals surface area contributed by atoms with Crippen LogP contribution in [0.2, 0.25) is 5.02 Å². The molecule has 38 heavy (non-hydrogen) atoms. The third kappa shape index (κ3) is 4.14. The van der Waals surface area contributed by atoms with Crippen molar-refractivity contribution < 1.29 is 9.59 Å². The van der Waals surface area contributed by atoms with Crippen molar-refractivity contribution >= 4 is 28.9 Å². The van der Waals surface area contributed by atoms with Gasteiger partial charge in [0.1, 0.15) is 6.33 Å². The smallest absolute Gasteiger partial charge is 0.235 e. The van der Waals surface area contributed by atoms with Crippen molar-refractivity contribution in [2.24, 2.45) is 16.7 Å². The molecule has 3 saturated heterocycles. The zero-order valence-corrected chi connectivity index (χ0v) is 23.3. The van der Waals surface area contributed by atoms with Crippen molar-refractivity contribution in [3.05, 3.63) is 52.4 Å². The fraction of sp³-hybridized carbons (Fsp3) is 0.517. The number of carbonyl (C=O) groups excluding carboxylic acids is 2. The third-order valence-electron chi connectivity index (χ3n) is 9.31. The molecule has 3 aliphatic heterocycles. The molecule has 1 aromatic carbocycles. The number of nitrogens with one attached hydrogen (secondary N) is 1. The molecule has 1 unspecified atom stereocenters. The highest BCUT2D eigenvalue weighted by Crippen LogP contribution is 2.39. The molecule has 0 radical (unpaired) electrons. The number of halogens is 1. The van der Waals surface area contributed by atoms with Gasteiger partial charge in [-0.2, -0.15) is 5.10 Å². The van der Waals surface area contributed by atoms with Crippen LogP contribution in [0.4, 0.5) is 0 Å². The Balaban J connectivity index is 1.32. The van der Waals surface area contributed by atoms with Crippen molar-refractivity contribution in [1.29, 1.82) is 0 Å². The zero-order chi connectivity index (χ0) is 26.8. The van der Waals surface area contributed by atoms with Crippen LogP contribution in [0.25, 0.3) is 16.8 Å². The van der Waals surface area contributed by atoms with E-state index < -0.39 is 5.41 Å². The van der Waals surface area contributed by atoms with Gasteiger partial charge in [0.15, 0.2) is 0 Å². The summed E-state index contributed by atoms with van der Waals surface area (Å²) in [5, 5.41) is 8.55. The van der Waals surface area contributed by atoms with Crippen LogP contribution < -0.4 is 5.32 Å². The SMILES string of the molecule is Cc1cc(Cl)cc(-c2ncnn3cc(CN4C(=O)C(C)C(C)(C)C4=O)cc23)c1CN1CCC2(CC1)CNC2. The summed E-state index contributed by atoms with van der Waals surface area (Å²) in [6.45, 7) is 13.1. The molecule has 0 saturated carbocycles. The fourth-order valence-electron chi connectivity index (χ4n) is 6.22. The predicted molar refractivity (Wildman–Crippen MR) is 146 cm³/mol. The summed E-state index contributed by atoms with van der Waals surface area (Å²) < 4.78 is 1.78. The topological polar surface area (TPSA) is 82.8 Å². The maximum atomic E-state index is 13.0. The van der Waals surface area contributed by atoms with Gasteiger partial charge in [0.25, 0.3) is 0 Å². The molecule has 3 aromatic rings. The molecule has 1 atom stereocenters. The highest BCUT2D eigenvalue weighted by molar-refractivity contribution is 6.31. The summed E-state index contributed by atoms with van der Waals surface area (Å²) in [6.07, 6.45) is 5.89. The molecule has 0 bridgehead atoms. The Morgan fingerprint density at radius 1 is 1.11 bits per heavy atom. The number of rotatable bonds is 5. The summed E-state index contributed by atoms with van der Waals surface area (Å²) in [6, 6.07) is 6.01. The van der Waals surface area contributed by atoms with Gasteiger partial charge in [0, 0.05) is 42.3 Å². The lowest BCUT2D eigenvalue weighted by Gasteiger charge is -2.48. The normalized spacial score (nSPS) is 23.0. The molecule has 2 amide bonds. The minimum absolute atomic E-state index is 0.129. The van der Waals surface area contributed by atoms with Crippen molar-refractivity contribution in [1.82, 2.24) is 29.7 Å². The largest absolute Gasteiger partial charge is 0.316 e. The number of nitrogens with zero attached hydrogens (tertiary/aromatic N) is 5. The lowest BCUT2D eigenvalue weighted by molar-refractivity contribution is -0.141. The quantitative estimate of drug-likeness (QED) is 0.497. The lowest BCUT2D eigenvalue weighted by atomic mass is 9.73. The molecule has 3 fully saturated rings. The molecular formula is C29H35ClN6O2. The Hall–Kier alpha value is -2.81. The van der Waals surface area contributed by atoms with Crippen LogP contribution in [0.5, 0.6) is 0 Å². The molecule has 200 valence electrons. The summed E-state index contributed by atoms with van der Waals surface area (Å²) >= 11 is 6.57. The summed E-state index contributed by atoms with van der Waals surface area (Å²) in [5.41, 5.74) is 5.64. The first-order valence-corrected chi connectivity index (χ1v) is 13.9. The standard InChI is InChI=1S/C29H35ClN6O2/c1-18-9-21(30)11-22(23(18)14-34-7-5-29(6-8-34)15-31-16-29)25-24-10-20(13-36(24)33-17-32-25)12-35-26(37)19(2)28(3,4)27(35)38/h9-11,13,17,19,31H,5-8,12,14-16H2,1-4H3. The number of carbonyl (C=O) groups is 2. The van der Waals surface area contributed by atoms with E-state index in [1.165, 1.54) is 23.3 Å². The van der Waals surface area contributed by atoms with Gasteiger partial charge in [0.05, 0.1) is 23.2 Å². The highest BCUT2D eigenvalue weighted by Gasteiger charge is 2.51. The van der Waals surface area contributed by atoms with E-state index in [-0.39, 0.29) is 24.3 Å². The summed E-state index contributed by atoms with van der Waals surface area (Å²) in [4.78, 5) is 34.5. The van der Waals surface area contributed by atoms with Gasteiger partial charge in [-0.1, -0.05) is 32.4 Å². The molecular weight excluding hydrogens is 500 g/mol. The van der Waals surface area contributed by atoms with E-state index in [1.807, 2.05) is 45.2 Å². The van der Waals surface area contributed by atoms with Crippen LogP contribution in [0.1, 0.15) is 50.3 Å². The van der Waals surface area contributed by atoms with Gasteiger partial charge >= 0.3 is 0 Å². The van der Waals surface area contributed by atoms with Gasteiger partial charge in [-0.25, -0.2) is 9.50 Å². The summed E-state index contributed by atoms with van der Waals surface area (Å²) in [5.74, 6) is -0.606. The van der Waals surface area contributed by atoms with Crippen molar-refractivity contribution in [2.45, 2.75) is 53.6 Å². The van der Waals surface area contributed by atoms with E-state index in [2.05, 4.69) is 22.2 Å². The van der Waals surface area contributed by atoms with E-state index >= 15 is 0 Å². The molecule has 6 rings (SSSR count). The van der Waals surface area contributed by atoms with Crippen LogP contribution in [-0.2, 0) is 22.7 Å². The van der Waals surface area contributed by atoms with Crippen molar-refractivity contribution in [3.63, 3.8) is 0 Å². The summed E-state index contributed by atoms with van der Waals surface area (Å²) in [7, 11) is 0.